The van der Waals surface area contributed by atoms with Crippen molar-refractivity contribution in [2.24, 2.45) is 17.8 Å². The summed E-state index contributed by atoms with van der Waals surface area (Å²) in [5.41, 5.74) is 0. The highest BCUT2D eigenvalue weighted by atomic mass is 31.2. The first-order chi connectivity index (χ1) is 44.7. The largest absolute Gasteiger partial charge is 0.472 e. The second-order valence-corrected chi connectivity index (χ2v) is 31.0. The summed E-state index contributed by atoms with van der Waals surface area (Å²) in [6, 6.07) is 0. The standard InChI is InChI=1S/C74H144O17P2/c1-8-9-10-11-31-41-48-55-71(76)84-61-69(90-74(79)58-51-44-37-30-24-23-27-34-40-47-54-67(6)7)63-88-92(80,81)86-59-68(75)60-87-93(82,83)89-64-70(62-85-72(77)56-49-42-35-28-22-18-20-26-33-39-46-53-66(4)5)91-73(78)57-50-43-36-29-21-17-15-13-12-14-16-19-25-32-38-45-52-65(2)3/h65-70,75H,8-64H2,1-7H3,(H,80,81)(H,82,83)/t68-,69+,70+/m0/s1. The number of esters is 4. The monoisotopic (exact) mass is 1370 g/mol. The highest BCUT2D eigenvalue weighted by Crippen LogP contribution is 2.45. The maximum absolute atomic E-state index is 13.1. The normalized spacial score (nSPS) is 14.1. The molecule has 0 amide bonds. The summed E-state index contributed by atoms with van der Waals surface area (Å²) in [7, 11) is -9.90. The smallest absolute Gasteiger partial charge is 0.462 e. The zero-order chi connectivity index (χ0) is 68.7. The highest BCUT2D eigenvalue weighted by molar-refractivity contribution is 7.47. The van der Waals surface area contributed by atoms with Gasteiger partial charge in [0.05, 0.1) is 26.4 Å². The molecule has 0 aliphatic rings. The van der Waals surface area contributed by atoms with E-state index in [9.17, 15) is 43.2 Å². The van der Waals surface area contributed by atoms with E-state index in [1.165, 1.54) is 173 Å². The fraction of sp³-hybridized carbons (Fsp3) is 0.946. The molecule has 0 spiro atoms. The van der Waals surface area contributed by atoms with Gasteiger partial charge in [0, 0.05) is 25.7 Å². The number of hydrogen-bond acceptors (Lipinski definition) is 15. The number of phosphoric ester groups is 2. The summed E-state index contributed by atoms with van der Waals surface area (Å²) in [5.74, 6) is 0.208. The number of ether oxygens (including phenoxy) is 4. The Morgan fingerprint density at radius 3 is 0.731 bits per heavy atom. The van der Waals surface area contributed by atoms with Crippen molar-refractivity contribution >= 4 is 39.5 Å². The number of phosphoric acid groups is 2. The van der Waals surface area contributed by atoms with E-state index in [0.717, 1.165) is 120 Å². The van der Waals surface area contributed by atoms with Crippen LogP contribution in [0.1, 0.15) is 376 Å². The van der Waals surface area contributed by atoms with Crippen LogP contribution in [0.15, 0.2) is 0 Å². The fourth-order valence-corrected chi connectivity index (χ4v) is 12.8. The Kier molecular flexibility index (Phi) is 63.4. The third-order valence-corrected chi connectivity index (χ3v) is 19.0. The van der Waals surface area contributed by atoms with E-state index < -0.39 is 97.5 Å². The van der Waals surface area contributed by atoms with Gasteiger partial charge in [-0.05, 0) is 43.4 Å². The van der Waals surface area contributed by atoms with Crippen LogP contribution in [0, 0.1) is 17.8 Å². The quantitative estimate of drug-likeness (QED) is 0.0222. The van der Waals surface area contributed by atoms with Gasteiger partial charge in [-0.1, -0.05) is 325 Å². The molecule has 2 unspecified atom stereocenters. The molecular weight excluding hydrogens is 1220 g/mol. The zero-order valence-electron chi connectivity index (χ0n) is 60.7. The first-order valence-corrected chi connectivity index (χ1v) is 41.3. The minimum Gasteiger partial charge on any atom is -0.462 e. The number of rotatable bonds is 72. The predicted octanol–water partition coefficient (Wildman–Crippen LogP) is 21.4. The summed E-state index contributed by atoms with van der Waals surface area (Å²) in [6.07, 6.45) is 50.1. The van der Waals surface area contributed by atoms with E-state index in [1.807, 2.05) is 0 Å². The van der Waals surface area contributed by atoms with Crippen LogP contribution in [-0.2, 0) is 65.4 Å². The predicted molar refractivity (Wildman–Crippen MR) is 377 cm³/mol. The molecule has 0 aliphatic heterocycles. The second-order valence-electron chi connectivity index (χ2n) is 28.1. The van der Waals surface area contributed by atoms with Gasteiger partial charge < -0.3 is 33.8 Å². The molecule has 0 aliphatic carbocycles. The van der Waals surface area contributed by atoms with Crippen molar-refractivity contribution in [1.29, 1.82) is 0 Å². The van der Waals surface area contributed by atoms with Crippen LogP contribution in [0.5, 0.6) is 0 Å². The van der Waals surface area contributed by atoms with Gasteiger partial charge in [-0.25, -0.2) is 9.13 Å². The van der Waals surface area contributed by atoms with E-state index in [-0.39, 0.29) is 25.7 Å². The van der Waals surface area contributed by atoms with E-state index in [0.29, 0.717) is 25.7 Å². The summed E-state index contributed by atoms with van der Waals surface area (Å²) in [6.45, 7) is 11.9. The lowest BCUT2D eigenvalue weighted by Crippen LogP contribution is -2.30. The molecule has 552 valence electrons. The minimum atomic E-state index is -4.96. The van der Waals surface area contributed by atoms with Gasteiger partial charge in [-0.15, -0.1) is 0 Å². The maximum atomic E-state index is 13.1. The molecule has 0 rings (SSSR count). The van der Waals surface area contributed by atoms with E-state index in [1.54, 1.807) is 0 Å². The molecule has 3 N–H and O–H groups in total. The summed E-state index contributed by atoms with van der Waals surface area (Å²) < 4.78 is 68.3. The van der Waals surface area contributed by atoms with Gasteiger partial charge in [-0.2, -0.15) is 0 Å². The average Bonchev–Trinajstić information content (AvgIpc) is 1.96. The van der Waals surface area contributed by atoms with Crippen LogP contribution in [0.2, 0.25) is 0 Å². The lowest BCUT2D eigenvalue weighted by Gasteiger charge is -2.21. The lowest BCUT2D eigenvalue weighted by molar-refractivity contribution is -0.161. The second kappa shape index (κ2) is 64.7. The average molecular weight is 1370 g/mol. The molecule has 19 heteroatoms. The topological polar surface area (TPSA) is 237 Å². The molecule has 0 bridgehead atoms. The Bertz CT molecular complexity index is 1820. The molecule has 0 heterocycles. The van der Waals surface area contributed by atoms with Gasteiger partial charge in [-0.3, -0.25) is 37.3 Å². The van der Waals surface area contributed by atoms with Crippen LogP contribution in [0.4, 0.5) is 0 Å². The van der Waals surface area contributed by atoms with E-state index >= 15 is 0 Å². The number of carbonyl (C=O) groups excluding carboxylic acids is 4. The Labute approximate surface area is 568 Å². The number of carbonyl (C=O) groups is 4. The van der Waals surface area contributed by atoms with E-state index in [4.69, 9.17) is 37.0 Å². The molecule has 17 nitrogen and oxygen atoms in total. The molecule has 0 aromatic heterocycles. The minimum absolute atomic E-state index is 0.105. The summed E-state index contributed by atoms with van der Waals surface area (Å²) in [4.78, 5) is 72.6. The molecule has 0 aromatic carbocycles. The molecule has 0 aromatic rings. The summed E-state index contributed by atoms with van der Waals surface area (Å²) >= 11 is 0. The number of hydrogen-bond donors (Lipinski definition) is 3. The number of aliphatic hydroxyl groups is 1. The van der Waals surface area contributed by atoms with Crippen molar-refractivity contribution in [2.45, 2.75) is 394 Å². The maximum Gasteiger partial charge on any atom is 0.472 e. The van der Waals surface area contributed by atoms with Crippen molar-refractivity contribution in [3.05, 3.63) is 0 Å². The van der Waals surface area contributed by atoms with Gasteiger partial charge in [0.2, 0.25) is 0 Å². The molecular formula is C74H144O17P2. The van der Waals surface area contributed by atoms with Crippen molar-refractivity contribution < 1.29 is 80.2 Å². The molecule has 93 heavy (non-hydrogen) atoms. The van der Waals surface area contributed by atoms with Crippen molar-refractivity contribution in [3.63, 3.8) is 0 Å². The molecule has 0 saturated heterocycles. The van der Waals surface area contributed by atoms with E-state index in [2.05, 4.69) is 48.5 Å². The lowest BCUT2D eigenvalue weighted by atomic mass is 10.0. The van der Waals surface area contributed by atoms with Crippen molar-refractivity contribution in [1.82, 2.24) is 0 Å². The van der Waals surface area contributed by atoms with Crippen LogP contribution in [-0.4, -0.2) is 96.7 Å². The highest BCUT2D eigenvalue weighted by Gasteiger charge is 2.30. The molecule has 5 atom stereocenters. The Morgan fingerprint density at radius 1 is 0.290 bits per heavy atom. The Hall–Kier alpha value is -1.94. The van der Waals surface area contributed by atoms with Crippen molar-refractivity contribution in [3.8, 4) is 0 Å². The third kappa shape index (κ3) is 68.4. The van der Waals surface area contributed by atoms with Gasteiger partial charge >= 0.3 is 39.5 Å². The summed E-state index contributed by atoms with van der Waals surface area (Å²) in [5, 5.41) is 10.6. The number of aliphatic hydroxyl groups excluding tert-OH is 1. The Morgan fingerprint density at radius 2 is 0.495 bits per heavy atom. The van der Waals surface area contributed by atoms with Crippen LogP contribution >= 0.6 is 15.6 Å². The van der Waals surface area contributed by atoms with Crippen LogP contribution in [0.3, 0.4) is 0 Å². The first kappa shape index (κ1) is 91.1. The zero-order valence-corrected chi connectivity index (χ0v) is 62.5. The van der Waals surface area contributed by atoms with Crippen LogP contribution < -0.4 is 0 Å². The number of unbranched alkanes of at least 4 members (excludes halogenated alkanes) is 40. The molecule has 0 radical (unpaired) electrons. The van der Waals surface area contributed by atoms with Crippen LogP contribution in [0.25, 0.3) is 0 Å². The van der Waals surface area contributed by atoms with Gasteiger partial charge in [0.15, 0.2) is 12.2 Å². The Balaban J connectivity index is 5.19. The first-order valence-electron chi connectivity index (χ1n) is 38.3. The fourth-order valence-electron chi connectivity index (χ4n) is 11.2. The van der Waals surface area contributed by atoms with Gasteiger partial charge in [0.1, 0.15) is 19.3 Å². The van der Waals surface area contributed by atoms with Gasteiger partial charge in [0.25, 0.3) is 0 Å². The SMILES string of the molecule is CCCCCCCCCC(=O)OC[C@H](COP(=O)(O)OC[C@H](O)COP(=O)(O)OC[C@@H](COC(=O)CCCCCCCCCCCCCC(C)C)OC(=O)CCCCCCCCCCCCCCCCCCC(C)C)OC(=O)CCCCCCCCCCCCC(C)C. The molecule has 0 saturated carbocycles. The van der Waals surface area contributed by atoms with Crippen molar-refractivity contribution in [2.75, 3.05) is 39.6 Å². The molecule has 0 fully saturated rings. The third-order valence-electron chi connectivity index (χ3n) is 17.1.